The molecular formula is C22H29N7O. The molecule has 1 aliphatic rings. The van der Waals surface area contributed by atoms with E-state index in [-0.39, 0.29) is 6.03 Å². The normalized spacial score (nSPS) is 14.4. The molecule has 1 aliphatic heterocycles. The molecule has 158 valence electrons. The molecule has 1 aromatic carbocycles. The highest BCUT2D eigenvalue weighted by atomic mass is 16.2. The Morgan fingerprint density at radius 1 is 1.07 bits per heavy atom. The van der Waals surface area contributed by atoms with Crippen LogP contribution in [0, 0.1) is 6.92 Å². The highest BCUT2D eigenvalue weighted by molar-refractivity contribution is 5.91. The number of benzene rings is 1. The molecule has 30 heavy (non-hydrogen) atoms. The Labute approximate surface area is 176 Å². The number of piperazine rings is 1. The number of rotatable bonds is 5. The van der Waals surface area contributed by atoms with E-state index in [0.717, 1.165) is 60.0 Å². The van der Waals surface area contributed by atoms with Gasteiger partial charge in [-0.15, -0.1) is 0 Å². The van der Waals surface area contributed by atoms with Gasteiger partial charge in [-0.1, -0.05) is 25.1 Å². The van der Waals surface area contributed by atoms with Gasteiger partial charge in [0.15, 0.2) is 5.65 Å². The monoisotopic (exact) mass is 407 g/mol. The summed E-state index contributed by atoms with van der Waals surface area (Å²) in [5.41, 5.74) is 2.75. The molecule has 0 unspecified atom stereocenters. The molecule has 0 aliphatic carbocycles. The van der Waals surface area contributed by atoms with Crippen molar-refractivity contribution < 1.29 is 4.79 Å². The summed E-state index contributed by atoms with van der Waals surface area (Å²) in [5, 5.41) is 8.67. The fourth-order valence-corrected chi connectivity index (χ4v) is 3.90. The van der Waals surface area contributed by atoms with E-state index >= 15 is 0 Å². The summed E-state index contributed by atoms with van der Waals surface area (Å²) in [7, 11) is 0. The van der Waals surface area contributed by atoms with E-state index in [0.29, 0.717) is 19.6 Å². The zero-order valence-electron chi connectivity index (χ0n) is 17.9. The van der Waals surface area contributed by atoms with Crippen molar-refractivity contribution in [2.45, 2.75) is 33.6 Å². The van der Waals surface area contributed by atoms with Gasteiger partial charge in [-0.25, -0.2) is 19.4 Å². The van der Waals surface area contributed by atoms with Crippen LogP contribution in [0.2, 0.25) is 0 Å². The van der Waals surface area contributed by atoms with Crippen LogP contribution < -0.4 is 10.2 Å². The lowest BCUT2D eigenvalue weighted by atomic mass is 10.2. The van der Waals surface area contributed by atoms with E-state index in [9.17, 15) is 4.79 Å². The number of aryl methyl sites for hydroxylation is 2. The van der Waals surface area contributed by atoms with Crippen LogP contribution in [0.15, 0.2) is 30.3 Å². The Bertz CT molecular complexity index is 1020. The van der Waals surface area contributed by atoms with Gasteiger partial charge in [-0.05, 0) is 32.4 Å². The smallest absolute Gasteiger partial charge is 0.317 e. The third-order valence-corrected chi connectivity index (χ3v) is 5.40. The number of urea groups is 1. The molecule has 2 amide bonds. The Balaban J connectivity index is 1.73. The number of para-hydroxylation sites is 1. The Morgan fingerprint density at radius 3 is 2.47 bits per heavy atom. The van der Waals surface area contributed by atoms with E-state index < -0.39 is 0 Å². The van der Waals surface area contributed by atoms with Crippen LogP contribution in [0.5, 0.6) is 0 Å². The number of hydrogen-bond donors (Lipinski definition) is 1. The minimum absolute atomic E-state index is 0.00438. The van der Waals surface area contributed by atoms with Crippen LogP contribution in [0.25, 0.3) is 16.7 Å². The summed E-state index contributed by atoms with van der Waals surface area (Å²) in [6.45, 7) is 9.56. The maximum absolute atomic E-state index is 12.2. The van der Waals surface area contributed by atoms with Crippen molar-refractivity contribution in [2.24, 2.45) is 0 Å². The van der Waals surface area contributed by atoms with Crippen LogP contribution in [0.3, 0.4) is 0 Å². The number of carbonyl (C=O) groups is 1. The van der Waals surface area contributed by atoms with Gasteiger partial charge in [0.2, 0.25) is 0 Å². The van der Waals surface area contributed by atoms with E-state index in [2.05, 4.69) is 17.1 Å². The third-order valence-electron chi connectivity index (χ3n) is 5.40. The van der Waals surface area contributed by atoms with Gasteiger partial charge in [0.1, 0.15) is 11.6 Å². The zero-order chi connectivity index (χ0) is 21.1. The van der Waals surface area contributed by atoms with Gasteiger partial charge in [0, 0.05) is 39.1 Å². The second-order valence-corrected chi connectivity index (χ2v) is 7.55. The van der Waals surface area contributed by atoms with Gasteiger partial charge in [-0.3, -0.25) is 0 Å². The molecule has 0 spiro atoms. The maximum atomic E-state index is 12.2. The van der Waals surface area contributed by atoms with Gasteiger partial charge in [-0.2, -0.15) is 5.10 Å². The van der Waals surface area contributed by atoms with Crippen LogP contribution in [0.1, 0.15) is 31.8 Å². The maximum Gasteiger partial charge on any atom is 0.317 e. The fraction of sp³-hybridized carbons (Fsp3) is 0.455. The van der Waals surface area contributed by atoms with Crippen molar-refractivity contribution in [1.82, 2.24) is 30.0 Å². The molecule has 8 heteroatoms. The molecular weight excluding hydrogens is 378 g/mol. The number of aromatic nitrogens is 4. The molecule has 2 aromatic heterocycles. The van der Waals surface area contributed by atoms with Gasteiger partial charge < -0.3 is 15.1 Å². The molecule has 3 aromatic rings. The van der Waals surface area contributed by atoms with Crippen molar-refractivity contribution in [3.63, 3.8) is 0 Å². The summed E-state index contributed by atoms with van der Waals surface area (Å²) < 4.78 is 1.92. The Morgan fingerprint density at radius 2 is 1.80 bits per heavy atom. The van der Waals surface area contributed by atoms with E-state index in [1.807, 2.05) is 53.8 Å². The predicted octanol–water partition coefficient (Wildman–Crippen LogP) is 2.93. The topological polar surface area (TPSA) is 79.2 Å². The molecule has 8 nitrogen and oxygen atoms in total. The fourth-order valence-electron chi connectivity index (χ4n) is 3.90. The quantitative estimate of drug-likeness (QED) is 0.704. The minimum Gasteiger partial charge on any atom is -0.352 e. The standard InChI is InChI=1S/C22H29N7O/c1-4-9-18-24-20(27-12-14-28(15-13-27)22(30)23-5-2)19-16(3)26-29(21(19)25-18)17-10-7-6-8-11-17/h6-8,10-11H,4-5,9,12-15H2,1-3H3,(H,23,30). The second-order valence-electron chi connectivity index (χ2n) is 7.55. The molecule has 0 saturated carbocycles. The lowest BCUT2D eigenvalue weighted by Crippen LogP contribution is -2.52. The van der Waals surface area contributed by atoms with Crippen molar-refractivity contribution in [2.75, 3.05) is 37.6 Å². The number of carbonyl (C=O) groups excluding carboxylic acids is 1. The van der Waals surface area contributed by atoms with E-state index in [1.165, 1.54) is 0 Å². The molecule has 0 atom stereocenters. The van der Waals surface area contributed by atoms with Crippen molar-refractivity contribution in [3.8, 4) is 5.69 Å². The van der Waals surface area contributed by atoms with Crippen LogP contribution in [-0.4, -0.2) is 63.4 Å². The predicted molar refractivity (Wildman–Crippen MR) is 118 cm³/mol. The van der Waals surface area contributed by atoms with Crippen molar-refractivity contribution in [3.05, 3.63) is 41.9 Å². The molecule has 3 heterocycles. The minimum atomic E-state index is 0.00438. The van der Waals surface area contributed by atoms with E-state index in [4.69, 9.17) is 15.1 Å². The van der Waals surface area contributed by atoms with Gasteiger partial charge in [0.05, 0.1) is 16.8 Å². The third kappa shape index (κ3) is 3.81. The molecule has 0 radical (unpaired) electrons. The molecule has 1 N–H and O–H groups in total. The number of hydrogen-bond acceptors (Lipinski definition) is 5. The number of anilines is 1. The Hall–Kier alpha value is -3.16. The molecule has 1 fully saturated rings. The summed E-state index contributed by atoms with van der Waals surface area (Å²) in [4.78, 5) is 26.1. The first-order valence-electron chi connectivity index (χ1n) is 10.7. The molecule has 0 bridgehead atoms. The summed E-state index contributed by atoms with van der Waals surface area (Å²) >= 11 is 0. The average Bonchev–Trinajstić information content (AvgIpc) is 3.11. The first kappa shape index (κ1) is 20.1. The summed E-state index contributed by atoms with van der Waals surface area (Å²) in [5.74, 6) is 1.77. The SMILES string of the molecule is CCCc1nc(N2CCN(C(=O)NCC)CC2)c2c(C)nn(-c3ccccc3)c2n1. The Kier molecular flexibility index (Phi) is 5.83. The number of fused-ring (bicyclic) bond motifs is 1. The van der Waals surface area contributed by atoms with Crippen LogP contribution >= 0.6 is 0 Å². The lowest BCUT2D eigenvalue weighted by Gasteiger charge is -2.35. The zero-order valence-corrected chi connectivity index (χ0v) is 17.9. The van der Waals surface area contributed by atoms with Crippen molar-refractivity contribution in [1.29, 1.82) is 0 Å². The first-order chi connectivity index (χ1) is 14.6. The highest BCUT2D eigenvalue weighted by Gasteiger charge is 2.26. The molecule has 1 saturated heterocycles. The number of nitrogens with zero attached hydrogens (tertiary/aromatic N) is 6. The van der Waals surface area contributed by atoms with Crippen LogP contribution in [0.4, 0.5) is 10.6 Å². The highest BCUT2D eigenvalue weighted by Crippen LogP contribution is 2.29. The first-order valence-corrected chi connectivity index (χ1v) is 10.7. The van der Waals surface area contributed by atoms with Crippen molar-refractivity contribution >= 4 is 22.9 Å². The number of nitrogens with one attached hydrogen (secondary N) is 1. The number of amides is 2. The van der Waals surface area contributed by atoms with Crippen LogP contribution in [-0.2, 0) is 6.42 Å². The second kappa shape index (κ2) is 8.69. The van der Waals surface area contributed by atoms with Gasteiger partial charge in [0.25, 0.3) is 0 Å². The lowest BCUT2D eigenvalue weighted by molar-refractivity contribution is 0.195. The largest absolute Gasteiger partial charge is 0.352 e. The summed E-state index contributed by atoms with van der Waals surface area (Å²) in [6.07, 6.45) is 1.80. The average molecular weight is 408 g/mol. The molecule has 4 rings (SSSR count). The van der Waals surface area contributed by atoms with Gasteiger partial charge >= 0.3 is 6.03 Å². The summed E-state index contributed by atoms with van der Waals surface area (Å²) in [6, 6.07) is 10.1. The van der Waals surface area contributed by atoms with E-state index in [1.54, 1.807) is 0 Å².